The Bertz CT molecular complexity index is 855. The maximum atomic E-state index is 12.9. The van der Waals surface area contributed by atoms with Crippen molar-refractivity contribution >= 4 is 25.9 Å². The Hall–Kier alpha value is -1.52. The molecule has 0 saturated heterocycles. The van der Waals surface area contributed by atoms with Crippen LogP contribution >= 0.6 is 11.8 Å². The van der Waals surface area contributed by atoms with E-state index in [1.54, 1.807) is 11.8 Å². The molecule has 0 spiro atoms. The van der Waals surface area contributed by atoms with E-state index in [1.165, 1.54) is 10.5 Å². The predicted molar refractivity (Wildman–Crippen MR) is 122 cm³/mol. The smallest absolute Gasteiger partial charge is 0.250 e. The SMILES string of the molecule is Cc1ccc([C@@]2(CSc3ccccc3)CCC2=O)c(O[Si](C)(C)C(C)(C)C)c1. The van der Waals surface area contributed by atoms with Gasteiger partial charge >= 0.3 is 0 Å². The lowest BCUT2D eigenvalue weighted by Gasteiger charge is -2.43. The lowest BCUT2D eigenvalue weighted by Crippen LogP contribution is -2.49. The molecule has 0 radical (unpaired) electrons. The molecule has 150 valence electrons. The molecule has 2 aromatic carbocycles. The number of hydrogen-bond donors (Lipinski definition) is 0. The van der Waals surface area contributed by atoms with Gasteiger partial charge in [0.05, 0.1) is 5.41 Å². The Balaban J connectivity index is 1.96. The van der Waals surface area contributed by atoms with Gasteiger partial charge in [-0.2, -0.15) is 0 Å². The van der Waals surface area contributed by atoms with E-state index in [0.29, 0.717) is 12.2 Å². The standard InChI is InChI=1S/C24H32O2SSi/c1-18-12-13-20(21(16-18)26-28(5,6)23(2,3)4)24(15-14-22(24)25)17-27-19-10-8-7-9-11-19/h7-13,16H,14-15,17H2,1-6H3/t24-/m0/s1. The van der Waals surface area contributed by atoms with Crippen LogP contribution in [0, 0.1) is 6.92 Å². The molecule has 0 unspecified atom stereocenters. The van der Waals surface area contributed by atoms with E-state index in [1.807, 2.05) is 6.07 Å². The molecule has 1 aliphatic rings. The van der Waals surface area contributed by atoms with Gasteiger partial charge in [0.15, 0.2) is 0 Å². The molecule has 0 amide bonds. The molecule has 3 rings (SSSR count). The van der Waals surface area contributed by atoms with Crippen LogP contribution in [0.2, 0.25) is 18.1 Å². The monoisotopic (exact) mass is 412 g/mol. The molecule has 2 nitrogen and oxygen atoms in total. The number of carbonyl (C=O) groups is 1. The van der Waals surface area contributed by atoms with Crippen molar-refractivity contribution in [2.75, 3.05) is 5.75 Å². The van der Waals surface area contributed by atoms with Crippen LogP contribution in [0.15, 0.2) is 53.4 Å². The highest BCUT2D eigenvalue weighted by Gasteiger charge is 2.49. The minimum Gasteiger partial charge on any atom is -0.543 e. The van der Waals surface area contributed by atoms with Gasteiger partial charge in [-0.05, 0) is 55.2 Å². The van der Waals surface area contributed by atoms with E-state index in [0.717, 1.165) is 23.5 Å². The van der Waals surface area contributed by atoms with Crippen LogP contribution in [0.1, 0.15) is 44.7 Å². The summed E-state index contributed by atoms with van der Waals surface area (Å²) >= 11 is 1.77. The van der Waals surface area contributed by atoms with Gasteiger partial charge in [-0.1, -0.05) is 51.1 Å². The number of aryl methyl sites for hydroxylation is 1. The summed E-state index contributed by atoms with van der Waals surface area (Å²) in [6.07, 6.45) is 1.57. The van der Waals surface area contributed by atoms with E-state index in [9.17, 15) is 4.79 Å². The van der Waals surface area contributed by atoms with Gasteiger partial charge in [0, 0.05) is 22.6 Å². The Morgan fingerprint density at radius 2 is 1.79 bits per heavy atom. The second-order valence-electron chi connectivity index (χ2n) is 9.47. The van der Waals surface area contributed by atoms with Crippen molar-refractivity contribution in [2.45, 2.75) is 69.0 Å². The summed E-state index contributed by atoms with van der Waals surface area (Å²) in [7, 11) is -1.99. The zero-order chi connectivity index (χ0) is 20.6. The van der Waals surface area contributed by atoms with Gasteiger partial charge < -0.3 is 4.43 Å². The molecule has 1 aliphatic carbocycles. The molecule has 0 aromatic heterocycles. The summed E-state index contributed by atoms with van der Waals surface area (Å²) in [5, 5.41) is 0.115. The minimum absolute atomic E-state index is 0.115. The molecule has 1 saturated carbocycles. The van der Waals surface area contributed by atoms with Crippen LogP contribution in [0.5, 0.6) is 5.75 Å². The predicted octanol–water partition coefficient (Wildman–Crippen LogP) is 6.77. The highest BCUT2D eigenvalue weighted by Crippen LogP contribution is 2.49. The Morgan fingerprint density at radius 3 is 2.32 bits per heavy atom. The summed E-state index contributed by atoms with van der Waals surface area (Å²) in [6.45, 7) is 13.4. The van der Waals surface area contributed by atoms with Crippen molar-refractivity contribution in [2.24, 2.45) is 0 Å². The molecule has 0 aliphatic heterocycles. The van der Waals surface area contributed by atoms with E-state index >= 15 is 0 Å². The third-order valence-corrected chi connectivity index (χ3v) is 12.0. The van der Waals surface area contributed by atoms with Crippen molar-refractivity contribution in [1.29, 1.82) is 0 Å². The average Bonchev–Trinajstić information content (AvgIpc) is 2.62. The zero-order valence-electron chi connectivity index (χ0n) is 18.0. The molecule has 0 bridgehead atoms. The van der Waals surface area contributed by atoms with Gasteiger partial charge in [0.2, 0.25) is 8.32 Å². The van der Waals surface area contributed by atoms with Crippen LogP contribution in [-0.4, -0.2) is 19.9 Å². The molecule has 2 aromatic rings. The topological polar surface area (TPSA) is 26.3 Å². The summed E-state index contributed by atoms with van der Waals surface area (Å²) in [4.78, 5) is 14.1. The third kappa shape index (κ3) is 4.08. The quantitative estimate of drug-likeness (QED) is 0.387. The Kier molecular flexibility index (Phi) is 5.84. The van der Waals surface area contributed by atoms with Crippen LogP contribution in [-0.2, 0) is 10.2 Å². The first kappa shape index (κ1) is 21.2. The van der Waals surface area contributed by atoms with Crippen LogP contribution < -0.4 is 4.43 Å². The molecular weight excluding hydrogens is 380 g/mol. The Morgan fingerprint density at radius 1 is 1.11 bits per heavy atom. The number of carbonyl (C=O) groups excluding carboxylic acids is 1. The minimum atomic E-state index is -1.99. The van der Waals surface area contributed by atoms with E-state index in [2.05, 4.69) is 83.3 Å². The molecule has 0 N–H and O–H groups in total. The molecule has 1 atom stereocenters. The number of Topliss-reactive ketones (excluding diaryl/α,β-unsaturated/α-hetero) is 1. The summed E-state index contributed by atoms with van der Waals surface area (Å²) < 4.78 is 6.74. The fraction of sp³-hybridized carbons (Fsp3) is 0.458. The molecule has 4 heteroatoms. The largest absolute Gasteiger partial charge is 0.543 e. The van der Waals surface area contributed by atoms with Crippen molar-refractivity contribution < 1.29 is 9.22 Å². The van der Waals surface area contributed by atoms with Gasteiger partial charge in [-0.15, -0.1) is 11.8 Å². The van der Waals surface area contributed by atoms with E-state index in [4.69, 9.17) is 4.43 Å². The fourth-order valence-electron chi connectivity index (χ4n) is 3.30. The third-order valence-electron chi connectivity index (χ3n) is 6.37. The van der Waals surface area contributed by atoms with Crippen molar-refractivity contribution in [3.8, 4) is 5.75 Å². The molecule has 1 fully saturated rings. The average molecular weight is 413 g/mol. The van der Waals surface area contributed by atoms with E-state index in [-0.39, 0.29) is 5.04 Å². The maximum Gasteiger partial charge on any atom is 0.250 e. The zero-order valence-corrected chi connectivity index (χ0v) is 19.8. The van der Waals surface area contributed by atoms with Crippen LogP contribution in [0.25, 0.3) is 0 Å². The Labute approximate surface area is 175 Å². The first-order valence-electron chi connectivity index (χ1n) is 10.1. The fourth-order valence-corrected chi connectivity index (χ4v) is 5.55. The molecular formula is C24H32O2SSi. The second kappa shape index (κ2) is 7.72. The molecule has 0 heterocycles. The van der Waals surface area contributed by atoms with Crippen LogP contribution in [0.3, 0.4) is 0 Å². The normalized spacial score (nSPS) is 20.0. The van der Waals surface area contributed by atoms with Gasteiger partial charge in [-0.3, -0.25) is 4.79 Å². The summed E-state index contributed by atoms with van der Waals surface area (Å²) in [5.41, 5.74) is 1.84. The highest BCUT2D eigenvalue weighted by molar-refractivity contribution is 7.99. The second-order valence-corrected chi connectivity index (χ2v) is 15.2. The summed E-state index contributed by atoms with van der Waals surface area (Å²) in [6, 6.07) is 16.8. The van der Waals surface area contributed by atoms with Gasteiger partial charge in [-0.25, -0.2) is 0 Å². The van der Waals surface area contributed by atoms with E-state index < -0.39 is 13.7 Å². The van der Waals surface area contributed by atoms with Gasteiger partial charge in [0.1, 0.15) is 11.5 Å². The number of benzene rings is 2. The van der Waals surface area contributed by atoms with Gasteiger partial charge in [0.25, 0.3) is 0 Å². The number of hydrogen-bond acceptors (Lipinski definition) is 3. The van der Waals surface area contributed by atoms with Crippen molar-refractivity contribution in [3.05, 3.63) is 59.7 Å². The first-order chi connectivity index (χ1) is 13.1. The maximum absolute atomic E-state index is 12.9. The number of rotatable bonds is 6. The van der Waals surface area contributed by atoms with Crippen molar-refractivity contribution in [3.63, 3.8) is 0 Å². The molecule has 28 heavy (non-hydrogen) atoms. The number of ketones is 1. The lowest BCUT2D eigenvalue weighted by molar-refractivity contribution is -0.130. The number of thioether (sulfide) groups is 1. The lowest BCUT2D eigenvalue weighted by atomic mass is 9.64. The first-order valence-corrected chi connectivity index (χ1v) is 14.0. The highest BCUT2D eigenvalue weighted by atomic mass is 32.2. The van der Waals surface area contributed by atoms with Crippen molar-refractivity contribution in [1.82, 2.24) is 0 Å². The summed E-state index contributed by atoms with van der Waals surface area (Å²) in [5.74, 6) is 2.04. The van der Waals surface area contributed by atoms with Crippen LogP contribution in [0.4, 0.5) is 0 Å².